The van der Waals surface area contributed by atoms with E-state index in [1.54, 1.807) is 0 Å². The summed E-state index contributed by atoms with van der Waals surface area (Å²) in [4.78, 5) is 7.99. The van der Waals surface area contributed by atoms with Crippen molar-refractivity contribution in [3.05, 3.63) is 60.3 Å². The molecule has 0 saturated heterocycles. The molecule has 0 bridgehead atoms. The van der Waals surface area contributed by atoms with Gasteiger partial charge in [-0.25, -0.2) is 4.98 Å². The van der Waals surface area contributed by atoms with Crippen molar-refractivity contribution >= 4 is 16.7 Å². The van der Waals surface area contributed by atoms with Gasteiger partial charge >= 0.3 is 0 Å². The number of para-hydroxylation sites is 2. The fourth-order valence-corrected chi connectivity index (χ4v) is 2.56. The average molecular weight is 247 g/mol. The summed E-state index contributed by atoms with van der Waals surface area (Å²) in [5.41, 5.74) is 6.68. The molecule has 0 atom stereocenters. The van der Waals surface area contributed by atoms with E-state index in [4.69, 9.17) is 0 Å². The summed E-state index contributed by atoms with van der Waals surface area (Å²) in [5.74, 6) is 0.918. The van der Waals surface area contributed by atoms with E-state index in [1.165, 1.54) is 5.56 Å². The third-order valence-corrected chi connectivity index (χ3v) is 3.48. The molecule has 1 aliphatic heterocycles. The second-order valence-electron chi connectivity index (χ2n) is 4.88. The van der Waals surface area contributed by atoms with Gasteiger partial charge < -0.3 is 10.3 Å². The molecule has 1 aromatic heterocycles. The van der Waals surface area contributed by atoms with Gasteiger partial charge in [0, 0.05) is 23.4 Å². The predicted octanol–water partition coefficient (Wildman–Crippen LogP) is 3.71. The van der Waals surface area contributed by atoms with Gasteiger partial charge in [0.1, 0.15) is 5.82 Å². The molecule has 4 rings (SSSR count). The molecular formula is C16H13N3. The van der Waals surface area contributed by atoms with E-state index >= 15 is 0 Å². The Morgan fingerprint density at radius 2 is 2.00 bits per heavy atom. The zero-order chi connectivity index (χ0) is 12.8. The number of anilines is 1. The monoisotopic (exact) mass is 247 g/mol. The maximum Gasteiger partial charge on any atom is 0.138 e. The van der Waals surface area contributed by atoms with Crippen molar-refractivity contribution in [1.29, 1.82) is 0 Å². The molecule has 3 heteroatoms. The normalized spacial score (nSPS) is 13.6. The molecule has 0 amide bonds. The predicted molar refractivity (Wildman–Crippen MR) is 78.0 cm³/mol. The second-order valence-corrected chi connectivity index (χ2v) is 4.88. The molecule has 0 spiro atoms. The third-order valence-electron chi connectivity index (χ3n) is 3.48. The van der Waals surface area contributed by atoms with Crippen LogP contribution in [-0.4, -0.2) is 9.97 Å². The highest BCUT2D eigenvalue weighted by Crippen LogP contribution is 2.31. The molecule has 0 fully saturated rings. The summed E-state index contributed by atoms with van der Waals surface area (Å²) in [6.07, 6.45) is 0.892. The Hall–Kier alpha value is -2.55. The number of benzene rings is 2. The number of nitrogens with one attached hydrogen (secondary N) is 2. The molecule has 2 N–H and O–H groups in total. The number of fused-ring (bicyclic) bond motifs is 2. The molecule has 0 unspecified atom stereocenters. The van der Waals surface area contributed by atoms with Crippen molar-refractivity contribution in [3.63, 3.8) is 0 Å². The minimum Gasteiger partial charge on any atom is -0.359 e. The lowest BCUT2D eigenvalue weighted by Crippen LogP contribution is -1.87. The van der Waals surface area contributed by atoms with Crippen molar-refractivity contribution in [1.82, 2.24) is 9.97 Å². The van der Waals surface area contributed by atoms with E-state index in [9.17, 15) is 0 Å². The maximum atomic E-state index is 4.63. The van der Waals surface area contributed by atoms with Gasteiger partial charge in [-0.05, 0) is 35.9 Å². The lowest BCUT2D eigenvalue weighted by molar-refractivity contribution is 1.25. The lowest BCUT2D eigenvalue weighted by Gasteiger charge is -2.01. The van der Waals surface area contributed by atoms with Gasteiger partial charge in [-0.1, -0.05) is 18.7 Å². The number of aromatic amines is 1. The molecule has 2 aromatic carbocycles. The van der Waals surface area contributed by atoms with Crippen LogP contribution in [0.3, 0.4) is 0 Å². The standard InChI is InChI=1S/C16H13N3/c1-10-8-12-9-11(6-7-13(12)17-10)16-18-14-4-2-3-5-15(14)19-16/h2-7,9,17H,1,8H2,(H,18,19). The fraction of sp³-hybridized carbons (Fsp3) is 0.0625. The molecule has 92 valence electrons. The highest BCUT2D eigenvalue weighted by Gasteiger charge is 2.14. The van der Waals surface area contributed by atoms with Crippen LogP contribution in [0.25, 0.3) is 22.4 Å². The molecule has 3 nitrogen and oxygen atoms in total. The SMILES string of the molecule is C=C1Cc2cc(-c3nc4ccccc4[nH]3)ccc2N1. The van der Waals surface area contributed by atoms with Crippen LogP contribution in [0.4, 0.5) is 5.69 Å². The van der Waals surface area contributed by atoms with Crippen LogP contribution in [0.1, 0.15) is 5.56 Å². The number of nitrogens with zero attached hydrogens (tertiary/aromatic N) is 1. The highest BCUT2D eigenvalue weighted by atomic mass is 14.9. The zero-order valence-electron chi connectivity index (χ0n) is 10.4. The average Bonchev–Trinajstić information content (AvgIpc) is 2.99. The molecular weight excluding hydrogens is 234 g/mol. The van der Waals surface area contributed by atoms with Crippen LogP contribution in [0, 0.1) is 0 Å². The summed E-state index contributed by atoms with van der Waals surface area (Å²) in [6.45, 7) is 3.97. The van der Waals surface area contributed by atoms with Crippen molar-refractivity contribution in [3.8, 4) is 11.4 Å². The van der Waals surface area contributed by atoms with Crippen LogP contribution in [-0.2, 0) is 6.42 Å². The number of rotatable bonds is 1. The summed E-state index contributed by atoms with van der Waals surface area (Å²) in [6, 6.07) is 14.4. The van der Waals surface area contributed by atoms with Crippen LogP contribution in [0.5, 0.6) is 0 Å². The first-order chi connectivity index (χ1) is 9.29. The summed E-state index contributed by atoms with van der Waals surface area (Å²) < 4.78 is 0. The summed E-state index contributed by atoms with van der Waals surface area (Å²) in [7, 11) is 0. The van der Waals surface area contributed by atoms with E-state index < -0.39 is 0 Å². The molecule has 0 aliphatic carbocycles. The number of imidazole rings is 1. The minimum absolute atomic E-state index is 0.892. The number of aromatic nitrogens is 2. The van der Waals surface area contributed by atoms with E-state index in [0.29, 0.717) is 0 Å². The van der Waals surface area contributed by atoms with Crippen molar-refractivity contribution in [2.45, 2.75) is 6.42 Å². The van der Waals surface area contributed by atoms with Gasteiger partial charge in [0.05, 0.1) is 11.0 Å². The number of allylic oxidation sites excluding steroid dienone is 1. The van der Waals surface area contributed by atoms with Gasteiger partial charge in [0.25, 0.3) is 0 Å². The van der Waals surface area contributed by atoms with Gasteiger partial charge in [0.15, 0.2) is 0 Å². The first-order valence-electron chi connectivity index (χ1n) is 6.32. The van der Waals surface area contributed by atoms with Crippen molar-refractivity contribution in [2.75, 3.05) is 5.32 Å². The van der Waals surface area contributed by atoms with E-state index in [-0.39, 0.29) is 0 Å². The fourth-order valence-electron chi connectivity index (χ4n) is 2.56. The Bertz CT molecular complexity index is 766. The van der Waals surface area contributed by atoms with E-state index in [0.717, 1.165) is 40.2 Å². The smallest absolute Gasteiger partial charge is 0.138 e. The largest absolute Gasteiger partial charge is 0.359 e. The van der Waals surface area contributed by atoms with Gasteiger partial charge in [-0.3, -0.25) is 0 Å². The second kappa shape index (κ2) is 3.72. The first-order valence-corrected chi connectivity index (χ1v) is 6.32. The number of hydrogen-bond donors (Lipinski definition) is 2. The molecule has 1 aliphatic rings. The Balaban J connectivity index is 1.84. The van der Waals surface area contributed by atoms with Crippen LogP contribution in [0.2, 0.25) is 0 Å². The molecule has 2 heterocycles. The van der Waals surface area contributed by atoms with E-state index in [1.807, 2.05) is 24.3 Å². The quantitative estimate of drug-likeness (QED) is 0.688. The van der Waals surface area contributed by atoms with Crippen LogP contribution < -0.4 is 5.32 Å². The van der Waals surface area contributed by atoms with Crippen LogP contribution >= 0.6 is 0 Å². The minimum atomic E-state index is 0.892. The molecule has 3 aromatic rings. The highest BCUT2D eigenvalue weighted by molar-refractivity contribution is 5.80. The maximum absolute atomic E-state index is 4.63. The Kier molecular flexibility index (Phi) is 2.03. The van der Waals surface area contributed by atoms with Gasteiger partial charge in [0.2, 0.25) is 0 Å². The number of H-pyrrole nitrogens is 1. The Labute approximate surface area is 111 Å². The molecule has 0 saturated carbocycles. The first kappa shape index (κ1) is 10.4. The third kappa shape index (κ3) is 1.63. The van der Waals surface area contributed by atoms with Gasteiger partial charge in [-0.2, -0.15) is 0 Å². The zero-order valence-corrected chi connectivity index (χ0v) is 10.4. The summed E-state index contributed by atoms with van der Waals surface area (Å²) in [5, 5.41) is 3.28. The molecule has 0 radical (unpaired) electrons. The van der Waals surface area contributed by atoms with Crippen LogP contribution in [0.15, 0.2) is 54.7 Å². The van der Waals surface area contributed by atoms with E-state index in [2.05, 4.69) is 40.1 Å². The Morgan fingerprint density at radius 3 is 2.89 bits per heavy atom. The Morgan fingerprint density at radius 1 is 1.11 bits per heavy atom. The van der Waals surface area contributed by atoms with Crippen molar-refractivity contribution < 1.29 is 0 Å². The lowest BCUT2D eigenvalue weighted by atomic mass is 10.1. The topological polar surface area (TPSA) is 40.7 Å². The van der Waals surface area contributed by atoms with Crippen molar-refractivity contribution in [2.24, 2.45) is 0 Å². The number of hydrogen-bond acceptors (Lipinski definition) is 2. The summed E-state index contributed by atoms with van der Waals surface area (Å²) >= 11 is 0. The molecule has 19 heavy (non-hydrogen) atoms. The van der Waals surface area contributed by atoms with Gasteiger partial charge in [-0.15, -0.1) is 0 Å².